The van der Waals surface area contributed by atoms with E-state index in [-0.39, 0.29) is 5.56 Å². The van der Waals surface area contributed by atoms with Gasteiger partial charge in [-0.05, 0) is 37.9 Å². The molecular weight excluding hydrogens is 262 g/mol. The third-order valence-electron chi connectivity index (χ3n) is 4.56. The van der Waals surface area contributed by atoms with Gasteiger partial charge in [-0.2, -0.15) is 0 Å². The molecule has 4 heteroatoms. The van der Waals surface area contributed by atoms with Crippen LogP contribution in [0.5, 0.6) is 0 Å². The quantitative estimate of drug-likeness (QED) is 0.834. The Labute approximate surface area is 128 Å². The summed E-state index contributed by atoms with van der Waals surface area (Å²) in [6.07, 6.45) is 5.54. The van der Waals surface area contributed by atoms with Crippen LogP contribution >= 0.6 is 0 Å². The van der Waals surface area contributed by atoms with Crippen LogP contribution in [-0.4, -0.2) is 41.7 Å². The van der Waals surface area contributed by atoms with E-state index in [1.165, 1.54) is 19.3 Å². The van der Waals surface area contributed by atoms with Crippen molar-refractivity contribution >= 4 is 0 Å². The van der Waals surface area contributed by atoms with Gasteiger partial charge in [0, 0.05) is 37.9 Å². The van der Waals surface area contributed by atoms with Crippen LogP contribution in [0.25, 0.3) is 0 Å². The average molecular weight is 291 g/mol. The number of hydrogen-bond donors (Lipinski definition) is 1. The molecule has 0 spiro atoms. The summed E-state index contributed by atoms with van der Waals surface area (Å²) in [5, 5.41) is 3.69. The zero-order valence-corrected chi connectivity index (χ0v) is 13.4. The highest BCUT2D eigenvalue weighted by Gasteiger charge is 2.27. The molecule has 1 fully saturated rings. The maximum atomic E-state index is 11.7. The van der Waals surface area contributed by atoms with E-state index in [0.29, 0.717) is 6.04 Å². The molecule has 2 atom stereocenters. The molecule has 0 radical (unpaired) electrons. The molecule has 1 N–H and O–H groups in total. The maximum Gasteiger partial charge on any atom is 0.250 e. The number of pyridine rings is 1. The SMILES string of the molecule is CCCNC1CCN(CCn2ccccc2=O)CC1CC. The summed E-state index contributed by atoms with van der Waals surface area (Å²) in [5.74, 6) is 0.734. The van der Waals surface area contributed by atoms with Crippen LogP contribution < -0.4 is 10.9 Å². The van der Waals surface area contributed by atoms with Crippen LogP contribution in [0.15, 0.2) is 29.2 Å². The summed E-state index contributed by atoms with van der Waals surface area (Å²) in [4.78, 5) is 14.2. The summed E-state index contributed by atoms with van der Waals surface area (Å²) < 4.78 is 1.81. The smallest absolute Gasteiger partial charge is 0.250 e. The lowest BCUT2D eigenvalue weighted by molar-refractivity contribution is 0.131. The molecule has 2 heterocycles. The van der Waals surface area contributed by atoms with Crippen molar-refractivity contribution < 1.29 is 0 Å². The molecular formula is C17H29N3O. The van der Waals surface area contributed by atoms with Gasteiger partial charge in [-0.15, -0.1) is 0 Å². The normalized spacial score (nSPS) is 23.3. The molecule has 21 heavy (non-hydrogen) atoms. The maximum absolute atomic E-state index is 11.7. The van der Waals surface area contributed by atoms with Crippen molar-refractivity contribution in [2.45, 2.75) is 45.7 Å². The minimum atomic E-state index is 0.101. The Balaban J connectivity index is 1.83. The first-order valence-electron chi connectivity index (χ1n) is 8.35. The van der Waals surface area contributed by atoms with Crippen LogP contribution in [0.1, 0.15) is 33.1 Å². The first-order valence-corrected chi connectivity index (χ1v) is 8.35. The van der Waals surface area contributed by atoms with Gasteiger partial charge < -0.3 is 14.8 Å². The van der Waals surface area contributed by atoms with E-state index in [2.05, 4.69) is 24.1 Å². The number of nitrogens with zero attached hydrogens (tertiary/aromatic N) is 2. The standard InChI is InChI=1S/C17H29N3O/c1-3-9-18-16-8-11-19(14-15(16)4-2)12-13-20-10-6-5-7-17(20)21/h5-7,10,15-16,18H,3-4,8-9,11-14H2,1-2H3. The summed E-state index contributed by atoms with van der Waals surface area (Å²) in [6, 6.07) is 6.04. The second-order valence-corrected chi connectivity index (χ2v) is 6.05. The Bertz CT molecular complexity index is 471. The fourth-order valence-corrected chi connectivity index (χ4v) is 3.22. The van der Waals surface area contributed by atoms with Gasteiger partial charge in [0.25, 0.3) is 5.56 Å². The summed E-state index contributed by atoms with van der Waals surface area (Å²) >= 11 is 0. The molecule has 1 aliphatic rings. The number of aromatic nitrogens is 1. The number of nitrogens with one attached hydrogen (secondary N) is 1. The summed E-state index contributed by atoms with van der Waals surface area (Å²) in [5.41, 5.74) is 0.101. The van der Waals surface area contributed by atoms with Crippen molar-refractivity contribution in [3.63, 3.8) is 0 Å². The van der Waals surface area contributed by atoms with Crippen molar-refractivity contribution in [2.24, 2.45) is 5.92 Å². The van der Waals surface area contributed by atoms with Gasteiger partial charge in [-0.1, -0.05) is 26.3 Å². The second kappa shape index (κ2) is 8.35. The number of likely N-dealkylation sites (tertiary alicyclic amines) is 1. The number of rotatable bonds is 7. The number of piperidine rings is 1. The van der Waals surface area contributed by atoms with E-state index in [9.17, 15) is 4.79 Å². The molecule has 2 rings (SSSR count). The van der Waals surface area contributed by atoms with E-state index >= 15 is 0 Å². The molecule has 1 saturated heterocycles. The van der Waals surface area contributed by atoms with Crippen molar-refractivity contribution in [3.05, 3.63) is 34.7 Å². The van der Waals surface area contributed by atoms with Crippen LogP contribution in [0.2, 0.25) is 0 Å². The molecule has 0 aromatic carbocycles. The van der Waals surface area contributed by atoms with E-state index in [4.69, 9.17) is 0 Å². The van der Waals surface area contributed by atoms with E-state index in [1.54, 1.807) is 12.1 Å². The largest absolute Gasteiger partial charge is 0.314 e. The zero-order valence-electron chi connectivity index (χ0n) is 13.4. The molecule has 0 bridgehead atoms. The van der Waals surface area contributed by atoms with Crippen molar-refractivity contribution in [3.8, 4) is 0 Å². The van der Waals surface area contributed by atoms with E-state index in [1.807, 2.05) is 16.8 Å². The average Bonchev–Trinajstić information content (AvgIpc) is 2.52. The second-order valence-electron chi connectivity index (χ2n) is 6.05. The van der Waals surface area contributed by atoms with Crippen molar-refractivity contribution in [2.75, 3.05) is 26.2 Å². The van der Waals surface area contributed by atoms with Crippen molar-refractivity contribution in [1.82, 2.24) is 14.8 Å². The lowest BCUT2D eigenvalue weighted by atomic mass is 9.90. The molecule has 4 nitrogen and oxygen atoms in total. The van der Waals surface area contributed by atoms with E-state index < -0.39 is 0 Å². The van der Waals surface area contributed by atoms with Crippen LogP contribution in [0, 0.1) is 5.92 Å². The highest BCUT2D eigenvalue weighted by atomic mass is 16.1. The summed E-state index contributed by atoms with van der Waals surface area (Å²) in [7, 11) is 0. The fraction of sp³-hybridized carbons (Fsp3) is 0.706. The van der Waals surface area contributed by atoms with Gasteiger partial charge in [0.05, 0.1) is 0 Å². The lowest BCUT2D eigenvalue weighted by Gasteiger charge is -2.39. The Morgan fingerprint density at radius 1 is 1.29 bits per heavy atom. The Kier molecular flexibility index (Phi) is 6.46. The molecule has 1 aliphatic heterocycles. The fourth-order valence-electron chi connectivity index (χ4n) is 3.22. The minimum Gasteiger partial charge on any atom is -0.314 e. The first-order chi connectivity index (χ1) is 10.2. The summed E-state index contributed by atoms with van der Waals surface area (Å²) in [6.45, 7) is 9.70. The molecule has 118 valence electrons. The van der Waals surface area contributed by atoms with Gasteiger partial charge in [0.1, 0.15) is 0 Å². The molecule has 0 amide bonds. The molecule has 1 aromatic heterocycles. The number of hydrogen-bond acceptors (Lipinski definition) is 3. The minimum absolute atomic E-state index is 0.101. The highest BCUT2D eigenvalue weighted by molar-refractivity contribution is 4.93. The predicted molar refractivity (Wildman–Crippen MR) is 87.6 cm³/mol. The van der Waals surface area contributed by atoms with Gasteiger partial charge >= 0.3 is 0 Å². The van der Waals surface area contributed by atoms with Crippen molar-refractivity contribution in [1.29, 1.82) is 0 Å². The molecule has 0 aliphatic carbocycles. The third-order valence-corrected chi connectivity index (χ3v) is 4.56. The van der Waals surface area contributed by atoms with Gasteiger partial charge in [0.2, 0.25) is 0 Å². The van der Waals surface area contributed by atoms with Gasteiger partial charge in [-0.25, -0.2) is 0 Å². The van der Waals surface area contributed by atoms with Gasteiger partial charge in [-0.3, -0.25) is 4.79 Å². The molecule has 1 aromatic rings. The highest BCUT2D eigenvalue weighted by Crippen LogP contribution is 2.20. The topological polar surface area (TPSA) is 37.3 Å². The first kappa shape index (κ1) is 16.2. The van der Waals surface area contributed by atoms with Crippen LogP contribution in [0.4, 0.5) is 0 Å². The lowest BCUT2D eigenvalue weighted by Crippen LogP contribution is -2.50. The Hall–Kier alpha value is -1.13. The van der Waals surface area contributed by atoms with Crippen LogP contribution in [0.3, 0.4) is 0 Å². The third kappa shape index (κ3) is 4.68. The Morgan fingerprint density at radius 3 is 2.86 bits per heavy atom. The zero-order chi connectivity index (χ0) is 15.1. The van der Waals surface area contributed by atoms with Crippen LogP contribution in [-0.2, 0) is 6.54 Å². The monoisotopic (exact) mass is 291 g/mol. The Morgan fingerprint density at radius 2 is 2.14 bits per heavy atom. The molecule has 2 unspecified atom stereocenters. The molecule has 0 saturated carbocycles. The van der Waals surface area contributed by atoms with Gasteiger partial charge in [0.15, 0.2) is 0 Å². The van der Waals surface area contributed by atoms with E-state index in [0.717, 1.165) is 38.6 Å². The predicted octanol–water partition coefficient (Wildman–Crippen LogP) is 1.95.